The van der Waals surface area contributed by atoms with Gasteiger partial charge in [-0.3, -0.25) is 5.73 Å². The highest BCUT2D eigenvalue weighted by Crippen LogP contribution is 2.33. The molecule has 1 fully saturated rings. The van der Waals surface area contributed by atoms with Crippen molar-refractivity contribution in [2.45, 2.75) is 31.5 Å². The third-order valence-corrected chi connectivity index (χ3v) is 6.97. The highest BCUT2D eigenvalue weighted by Gasteiger charge is 2.54. The second-order valence-corrected chi connectivity index (χ2v) is 9.97. The van der Waals surface area contributed by atoms with Crippen LogP contribution in [0, 0.1) is 0 Å². The van der Waals surface area contributed by atoms with E-state index in [9.17, 15) is 19.2 Å². The highest BCUT2D eigenvalue weighted by molar-refractivity contribution is 5.91. The van der Waals surface area contributed by atoms with Crippen molar-refractivity contribution in [2.24, 2.45) is 0 Å². The molecule has 0 saturated carbocycles. The van der Waals surface area contributed by atoms with E-state index in [0.717, 1.165) is 0 Å². The van der Waals surface area contributed by atoms with Gasteiger partial charge in [0.2, 0.25) is 12.3 Å². The predicted molar refractivity (Wildman–Crippen MR) is 159 cm³/mol. The molecular formula is C34H31BrN2O9. The third-order valence-electron chi connectivity index (χ3n) is 6.97. The summed E-state index contributed by atoms with van der Waals surface area (Å²) in [5.74, 6) is -2.54. The molecule has 4 aromatic rings. The fourth-order valence-corrected chi connectivity index (χ4v) is 4.77. The number of ether oxygens (including phenoxy) is 5. The second-order valence-electron chi connectivity index (χ2n) is 9.97. The Morgan fingerprint density at radius 2 is 1.13 bits per heavy atom. The molecule has 0 radical (unpaired) electrons. The Balaban J connectivity index is 0.00000480. The molecule has 3 aromatic carbocycles. The van der Waals surface area contributed by atoms with E-state index in [1.807, 2.05) is 0 Å². The normalized spacial score (nSPS) is 18.5. The van der Waals surface area contributed by atoms with E-state index in [-0.39, 0.29) is 52.7 Å². The standard InChI is InChI=1S/C34H30N2O9.BrH/c1-2-41-32(38)25-18-19-27(35)36(20-25)30-29(45-34(40)24-16-10-5-11-17-24)28(44-33(39)23-14-8-4-9-15-23)26(43-30)21-42-31(37)22-12-6-3-7-13-22;/h3-20,26,28-30,35H,2,21H2,1H3;1H. The molecule has 5 rings (SSSR count). The molecular weight excluding hydrogens is 660 g/mol. The maximum atomic E-state index is 13.4. The fraction of sp³-hybridized carbons (Fsp3) is 0.206. The number of hydrogen-bond donors (Lipinski definition) is 1. The van der Waals surface area contributed by atoms with E-state index in [2.05, 4.69) is 0 Å². The van der Waals surface area contributed by atoms with Crippen molar-refractivity contribution in [1.82, 2.24) is 0 Å². The van der Waals surface area contributed by atoms with Crippen LogP contribution >= 0.6 is 0 Å². The Hall–Kier alpha value is -5.07. The maximum absolute atomic E-state index is 13.4. The first kappa shape index (κ1) is 33.8. The van der Waals surface area contributed by atoms with Gasteiger partial charge in [0.25, 0.3) is 5.82 Å². The van der Waals surface area contributed by atoms with E-state index in [1.165, 1.54) is 22.9 Å². The minimum atomic E-state index is -1.30. The van der Waals surface area contributed by atoms with Crippen molar-refractivity contribution in [2.75, 3.05) is 18.9 Å². The van der Waals surface area contributed by atoms with E-state index in [1.54, 1.807) is 97.9 Å². The number of carbonyl (C=O) groups is 4. The molecule has 0 aliphatic carbocycles. The van der Waals surface area contributed by atoms with Crippen LogP contribution in [0.2, 0.25) is 0 Å². The van der Waals surface area contributed by atoms with Crippen molar-refractivity contribution in [3.8, 4) is 0 Å². The summed E-state index contributed by atoms with van der Waals surface area (Å²) in [4.78, 5) is 52.1. The molecule has 1 aliphatic heterocycles. The van der Waals surface area contributed by atoms with Crippen LogP contribution in [0.25, 0.3) is 0 Å². The second kappa shape index (κ2) is 15.8. The molecule has 4 atom stereocenters. The molecule has 0 amide bonds. The number of hydrogen-bond acceptors (Lipinski definition) is 10. The monoisotopic (exact) mass is 690 g/mol. The Kier molecular flexibility index (Phi) is 11.6. The number of anilines is 1. The first-order valence-electron chi connectivity index (χ1n) is 14.2. The summed E-state index contributed by atoms with van der Waals surface area (Å²) in [6, 6.07) is 27.8. The van der Waals surface area contributed by atoms with Gasteiger partial charge in [0.1, 0.15) is 18.9 Å². The van der Waals surface area contributed by atoms with E-state index >= 15 is 0 Å². The summed E-state index contributed by atoms with van der Waals surface area (Å²) in [6.45, 7) is 1.45. The highest BCUT2D eigenvalue weighted by atomic mass is 79.9. The maximum Gasteiger partial charge on any atom is 0.341 e. The van der Waals surface area contributed by atoms with E-state index < -0.39 is 48.4 Å². The number of nitrogens with two attached hydrogens (primary N) is 1. The Bertz CT molecular complexity index is 1660. The molecule has 11 nitrogen and oxygen atoms in total. The summed E-state index contributed by atoms with van der Waals surface area (Å²) < 4.78 is 30.3. The smallest absolute Gasteiger partial charge is 0.341 e. The van der Waals surface area contributed by atoms with Gasteiger partial charge in [-0.2, -0.15) is 0 Å². The lowest BCUT2D eigenvalue weighted by Crippen LogP contribution is -3.00. The van der Waals surface area contributed by atoms with Crippen LogP contribution in [-0.2, 0) is 23.7 Å². The molecule has 0 spiro atoms. The summed E-state index contributed by atoms with van der Waals surface area (Å²) in [5.41, 5.74) is 7.26. The number of pyridine rings is 1. The van der Waals surface area contributed by atoms with Crippen molar-refractivity contribution in [1.29, 1.82) is 0 Å². The van der Waals surface area contributed by atoms with Crippen LogP contribution in [0.15, 0.2) is 109 Å². The lowest BCUT2D eigenvalue weighted by Gasteiger charge is -2.24. The SMILES string of the molecule is CCOC(=O)c1ccc(N)[n+](C2OC(COC(=O)c3ccccc3)C(OC(=O)c3ccccc3)C2OC(=O)c2ccccc2)c1.[Br-]. The molecule has 2 N–H and O–H groups in total. The minimum absolute atomic E-state index is 0. The van der Waals surface area contributed by atoms with Gasteiger partial charge < -0.3 is 40.7 Å². The zero-order chi connectivity index (χ0) is 31.8. The third kappa shape index (κ3) is 7.95. The first-order valence-corrected chi connectivity index (χ1v) is 14.2. The van der Waals surface area contributed by atoms with Gasteiger partial charge in [-0.1, -0.05) is 54.6 Å². The number of aromatic nitrogens is 1. The lowest BCUT2D eigenvalue weighted by atomic mass is 10.1. The Morgan fingerprint density at radius 1 is 0.652 bits per heavy atom. The van der Waals surface area contributed by atoms with Gasteiger partial charge >= 0.3 is 23.9 Å². The van der Waals surface area contributed by atoms with Crippen LogP contribution in [-0.4, -0.2) is 55.4 Å². The Labute approximate surface area is 275 Å². The van der Waals surface area contributed by atoms with Gasteiger partial charge in [0.15, 0.2) is 6.10 Å². The summed E-state index contributed by atoms with van der Waals surface area (Å²) in [5, 5.41) is 0. The van der Waals surface area contributed by atoms with E-state index in [0.29, 0.717) is 5.56 Å². The number of halogens is 1. The predicted octanol–water partition coefficient (Wildman–Crippen LogP) is 0.943. The van der Waals surface area contributed by atoms with Crippen molar-refractivity contribution >= 4 is 29.7 Å². The molecule has 1 aliphatic rings. The van der Waals surface area contributed by atoms with Gasteiger partial charge in [-0.05, 0) is 49.4 Å². The summed E-state index contributed by atoms with van der Waals surface area (Å²) >= 11 is 0. The first-order chi connectivity index (χ1) is 21.9. The van der Waals surface area contributed by atoms with Gasteiger partial charge in [-0.15, -0.1) is 0 Å². The molecule has 46 heavy (non-hydrogen) atoms. The summed E-state index contributed by atoms with van der Waals surface area (Å²) in [7, 11) is 0. The molecule has 2 heterocycles. The average molecular weight is 692 g/mol. The molecule has 0 bridgehead atoms. The van der Waals surface area contributed by atoms with Crippen molar-refractivity contribution < 1.29 is 64.4 Å². The average Bonchev–Trinajstić information content (AvgIpc) is 3.40. The fourth-order valence-electron chi connectivity index (χ4n) is 4.77. The molecule has 4 unspecified atom stereocenters. The Morgan fingerprint density at radius 3 is 1.65 bits per heavy atom. The van der Waals surface area contributed by atoms with Crippen LogP contribution in [0.1, 0.15) is 54.6 Å². The molecule has 238 valence electrons. The zero-order valence-corrected chi connectivity index (χ0v) is 26.3. The minimum Gasteiger partial charge on any atom is -1.00 e. The molecule has 12 heteroatoms. The van der Waals surface area contributed by atoms with Crippen molar-refractivity contribution in [3.63, 3.8) is 0 Å². The van der Waals surface area contributed by atoms with Crippen LogP contribution < -0.4 is 27.3 Å². The van der Waals surface area contributed by atoms with Gasteiger partial charge in [-0.25, -0.2) is 23.7 Å². The van der Waals surface area contributed by atoms with Crippen LogP contribution in [0.3, 0.4) is 0 Å². The van der Waals surface area contributed by atoms with Crippen LogP contribution in [0.5, 0.6) is 0 Å². The van der Waals surface area contributed by atoms with E-state index in [4.69, 9.17) is 29.4 Å². The number of carbonyl (C=O) groups excluding carboxylic acids is 4. The zero-order valence-electron chi connectivity index (χ0n) is 24.7. The molecule has 1 saturated heterocycles. The quantitative estimate of drug-likeness (QED) is 0.145. The van der Waals surface area contributed by atoms with Crippen LogP contribution in [0.4, 0.5) is 5.82 Å². The topological polar surface area (TPSA) is 144 Å². The number of rotatable bonds is 10. The molecule has 1 aromatic heterocycles. The number of benzene rings is 3. The number of esters is 4. The largest absolute Gasteiger partial charge is 1.00 e. The number of nitrogen functional groups attached to an aromatic ring is 1. The van der Waals surface area contributed by atoms with Gasteiger partial charge in [0, 0.05) is 6.07 Å². The number of nitrogens with zero attached hydrogens (tertiary/aromatic N) is 1. The lowest BCUT2D eigenvalue weighted by molar-refractivity contribution is -0.753. The van der Waals surface area contributed by atoms with Gasteiger partial charge in [0.05, 0.1) is 28.9 Å². The van der Waals surface area contributed by atoms with Crippen molar-refractivity contribution in [3.05, 3.63) is 132 Å². The summed E-state index contributed by atoms with van der Waals surface area (Å²) in [6.07, 6.45) is -3.48.